The Balaban J connectivity index is 2.62. The molecule has 0 amide bonds. The van der Waals surface area contributed by atoms with E-state index in [1.807, 2.05) is 19.1 Å². The van der Waals surface area contributed by atoms with E-state index in [-0.39, 0.29) is 5.75 Å². The molecule has 1 heterocycles. The first-order chi connectivity index (χ1) is 8.60. The molecule has 1 aromatic heterocycles. The summed E-state index contributed by atoms with van der Waals surface area (Å²) in [6, 6.07) is 3.67. The number of sulfonamides is 1. The van der Waals surface area contributed by atoms with Gasteiger partial charge in [-0.2, -0.15) is 0 Å². The van der Waals surface area contributed by atoms with Crippen molar-refractivity contribution >= 4 is 10.0 Å². The molecular weight excluding hydrogens is 250 g/mol. The summed E-state index contributed by atoms with van der Waals surface area (Å²) in [5, 5.41) is 0. The van der Waals surface area contributed by atoms with Crippen LogP contribution in [-0.2, 0) is 16.4 Å². The summed E-state index contributed by atoms with van der Waals surface area (Å²) in [6.45, 7) is 3.25. The Kier molecular flexibility index (Phi) is 6.24. The van der Waals surface area contributed by atoms with Crippen LogP contribution in [0, 0.1) is 0 Å². The molecule has 0 bridgehead atoms. The summed E-state index contributed by atoms with van der Waals surface area (Å²) in [7, 11) is -3.21. The lowest BCUT2D eigenvalue weighted by Crippen LogP contribution is -2.37. The normalized spacial score (nSPS) is 11.9. The van der Waals surface area contributed by atoms with Gasteiger partial charge < -0.3 is 5.73 Å². The molecule has 1 aromatic rings. The molecule has 6 heteroatoms. The first kappa shape index (κ1) is 15.1. The van der Waals surface area contributed by atoms with E-state index in [1.165, 1.54) is 4.31 Å². The van der Waals surface area contributed by atoms with E-state index in [9.17, 15) is 8.42 Å². The van der Waals surface area contributed by atoms with Gasteiger partial charge in [-0.25, -0.2) is 12.7 Å². The maximum absolute atomic E-state index is 12.1. The van der Waals surface area contributed by atoms with Gasteiger partial charge in [-0.3, -0.25) is 4.98 Å². The van der Waals surface area contributed by atoms with Crippen LogP contribution >= 0.6 is 0 Å². The van der Waals surface area contributed by atoms with Crippen LogP contribution in [0.15, 0.2) is 24.5 Å². The number of pyridine rings is 1. The SMILES string of the molecule is CCCN(CCN)S(=O)(=O)CCc1ccncc1. The van der Waals surface area contributed by atoms with Gasteiger partial charge in [-0.1, -0.05) is 6.92 Å². The molecule has 0 aliphatic heterocycles. The predicted molar refractivity (Wildman–Crippen MR) is 72.6 cm³/mol. The zero-order valence-corrected chi connectivity index (χ0v) is 11.6. The Labute approximate surface area is 109 Å². The molecule has 1 rings (SSSR count). The van der Waals surface area contributed by atoms with Crippen LogP contribution < -0.4 is 5.73 Å². The molecule has 2 N–H and O–H groups in total. The standard InChI is InChI=1S/C12H21N3O2S/c1-2-9-15(10-6-13)18(16,17)11-5-12-3-7-14-8-4-12/h3-4,7-8H,2,5-6,9-11,13H2,1H3. The molecule has 0 saturated heterocycles. The van der Waals surface area contributed by atoms with Crippen molar-refractivity contribution in [1.29, 1.82) is 0 Å². The summed E-state index contributed by atoms with van der Waals surface area (Å²) in [6.07, 6.45) is 4.65. The van der Waals surface area contributed by atoms with Crippen molar-refractivity contribution in [2.75, 3.05) is 25.4 Å². The van der Waals surface area contributed by atoms with Crippen LogP contribution in [0.1, 0.15) is 18.9 Å². The highest BCUT2D eigenvalue weighted by molar-refractivity contribution is 7.89. The second kappa shape index (κ2) is 7.45. The molecule has 5 nitrogen and oxygen atoms in total. The molecule has 0 spiro atoms. The molecule has 0 saturated carbocycles. The van der Waals surface area contributed by atoms with Crippen LogP contribution in [0.5, 0.6) is 0 Å². The Bertz CT molecular complexity index is 428. The lowest BCUT2D eigenvalue weighted by Gasteiger charge is -2.20. The maximum Gasteiger partial charge on any atom is 0.214 e. The third-order valence-corrected chi connectivity index (χ3v) is 4.51. The van der Waals surface area contributed by atoms with Crippen LogP contribution in [0.2, 0.25) is 0 Å². The third kappa shape index (κ3) is 4.72. The third-order valence-electron chi connectivity index (χ3n) is 2.64. The maximum atomic E-state index is 12.1. The van der Waals surface area contributed by atoms with E-state index >= 15 is 0 Å². The van der Waals surface area contributed by atoms with Gasteiger partial charge in [0.25, 0.3) is 0 Å². The molecule has 0 radical (unpaired) electrons. The topological polar surface area (TPSA) is 76.3 Å². The number of hydrogen-bond donors (Lipinski definition) is 1. The minimum absolute atomic E-state index is 0.122. The second-order valence-corrected chi connectivity index (χ2v) is 6.20. The van der Waals surface area contributed by atoms with Gasteiger partial charge in [0.2, 0.25) is 10.0 Å². The lowest BCUT2D eigenvalue weighted by molar-refractivity contribution is 0.418. The fourth-order valence-electron chi connectivity index (χ4n) is 1.71. The molecule has 0 aromatic carbocycles. The Morgan fingerprint density at radius 1 is 1.28 bits per heavy atom. The smallest absolute Gasteiger partial charge is 0.214 e. The number of aromatic nitrogens is 1. The zero-order chi connectivity index (χ0) is 13.4. The summed E-state index contributed by atoms with van der Waals surface area (Å²) >= 11 is 0. The van der Waals surface area contributed by atoms with Crippen LogP contribution in [0.4, 0.5) is 0 Å². The highest BCUT2D eigenvalue weighted by Crippen LogP contribution is 2.06. The van der Waals surface area contributed by atoms with Crippen molar-refractivity contribution in [3.8, 4) is 0 Å². The minimum atomic E-state index is -3.21. The summed E-state index contributed by atoms with van der Waals surface area (Å²) in [4.78, 5) is 3.91. The first-order valence-electron chi connectivity index (χ1n) is 6.17. The fourth-order valence-corrected chi connectivity index (χ4v) is 3.30. The van der Waals surface area contributed by atoms with Crippen molar-refractivity contribution in [2.45, 2.75) is 19.8 Å². The predicted octanol–water partition coefficient (Wildman–Crippen LogP) is 0.625. The van der Waals surface area contributed by atoms with Gasteiger partial charge in [-0.15, -0.1) is 0 Å². The highest BCUT2D eigenvalue weighted by Gasteiger charge is 2.20. The van der Waals surface area contributed by atoms with Crippen molar-refractivity contribution in [1.82, 2.24) is 9.29 Å². The Morgan fingerprint density at radius 2 is 1.94 bits per heavy atom. The van der Waals surface area contributed by atoms with Crippen LogP contribution in [0.25, 0.3) is 0 Å². The van der Waals surface area contributed by atoms with Gasteiger partial charge in [0, 0.05) is 32.0 Å². The van der Waals surface area contributed by atoms with Gasteiger partial charge in [0.1, 0.15) is 0 Å². The quantitative estimate of drug-likeness (QED) is 0.752. The molecule has 0 fully saturated rings. The lowest BCUT2D eigenvalue weighted by atomic mass is 10.2. The van der Waals surface area contributed by atoms with Crippen molar-refractivity contribution in [2.24, 2.45) is 5.73 Å². The monoisotopic (exact) mass is 271 g/mol. The Morgan fingerprint density at radius 3 is 2.50 bits per heavy atom. The second-order valence-electron chi connectivity index (χ2n) is 4.11. The van der Waals surface area contributed by atoms with Crippen LogP contribution in [0.3, 0.4) is 0 Å². The van der Waals surface area contributed by atoms with E-state index in [4.69, 9.17) is 5.73 Å². The van der Waals surface area contributed by atoms with E-state index in [0.29, 0.717) is 26.1 Å². The largest absolute Gasteiger partial charge is 0.329 e. The number of hydrogen-bond acceptors (Lipinski definition) is 4. The number of aryl methyl sites for hydroxylation is 1. The molecule has 0 unspecified atom stereocenters. The number of nitrogens with zero attached hydrogens (tertiary/aromatic N) is 2. The van der Waals surface area contributed by atoms with Crippen molar-refractivity contribution < 1.29 is 8.42 Å². The van der Waals surface area contributed by atoms with Gasteiger partial charge in [0.05, 0.1) is 5.75 Å². The van der Waals surface area contributed by atoms with Gasteiger partial charge in [-0.05, 0) is 30.5 Å². The van der Waals surface area contributed by atoms with Crippen molar-refractivity contribution in [3.63, 3.8) is 0 Å². The first-order valence-corrected chi connectivity index (χ1v) is 7.78. The average Bonchev–Trinajstić information content (AvgIpc) is 2.37. The molecule has 0 aliphatic rings. The summed E-state index contributed by atoms with van der Waals surface area (Å²) in [5.74, 6) is 0.122. The van der Waals surface area contributed by atoms with Gasteiger partial charge in [0.15, 0.2) is 0 Å². The molecular formula is C12H21N3O2S. The summed E-state index contributed by atoms with van der Waals surface area (Å²) in [5.41, 5.74) is 6.43. The van der Waals surface area contributed by atoms with E-state index < -0.39 is 10.0 Å². The minimum Gasteiger partial charge on any atom is -0.329 e. The zero-order valence-electron chi connectivity index (χ0n) is 10.7. The molecule has 0 atom stereocenters. The van der Waals surface area contributed by atoms with E-state index in [0.717, 1.165) is 12.0 Å². The fraction of sp³-hybridized carbons (Fsp3) is 0.583. The number of nitrogens with two attached hydrogens (primary N) is 1. The van der Waals surface area contributed by atoms with Gasteiger partial charge >= 0.3 is 0 Å². The molecule has 0 aliphatic carbocycles. The van der Waals surface area contributed by atoms with E-state index in [2.05, 4.69) is 4.98 Å². The van der Waals surface area contributed by atoms with Crippen molar-refractivity contribution in [3.05, 3.63) is 30.1 Å². The van der Waals surface area contributed by atoms with E-state index in [1.54, 1.807) is 12.4 Å². The number of rotatable bonds is 8. The summed E-state index contributed by atoms with van der Waals surface area (Å²) < 4.78 is 25.8. The highest BCUT2D eigenvalue weighted by atomic mass is 32.2. The molecule has 102 valence electrons. The van der Waals surface area contributed by atoms with Crippen LogP contribution in [-0.4, -0.2) is 43.1 Å². The Hall–Kier alpha value is -0.980. The molecule has 18 heavy (non-hydrogen) atoms. The average molecular weight is 271 g/mol.